The average molecular weight is 545 g/mol. The average Bonchev–Trinajstić information content (AvgIpc) is 3.18. The van der Waals surface area contributed by atoms with E-state index in [9.17, 15) is 35.1 Å². The lowest BCUT2D eigenvalue weighted by molar-refractivity contribution is -0.346. The molecule has 0 bridgehead atoms. The van der Waals surface area contributed by atoms with E-state index in [1.807, 2.05) is 6.92 Å². The molecule has 3 aliphatic rings. The third-order valence-electron chi connectivity index (χ3n) is 7.75. The van der Waals surface area contributed by atoms with Crippen LogP contribution in [0.5, 0.6) is 0 Å². The van der Waals surface area contributed by atoms with Gasteiger partial charge in [-0.3, -0.25) is 0 Å². The Bertz CT molecular complexity index is 899. The van der Waals surface area contributed by atoms with Gasteiger partial charge in [-0.2, -0.15) is 0 Å². The zero-order chi connectivity index (χ0) is 28.2. The summed E-state index contributed by atoms with van der Waals surface area (Å²) in [6, 6.07) is 0. The summed E-state index contributed by atoms with van der Waals surface area (Å²) in [5, 5.41) is 60.6. The Morgan fingerprint density at radius 2 is 1.89 bits per heavy atom. The number of fused-ring (bicyclic) bond motifs is 1. The Morgan fingerprint density at radius 3 is 2.55 bits per heavy atom. The monoisotopic (exact) mass is 544 g/mol. The molecule has 0 radical (unpaired) electrons. The van der Waals surface area contributed by atoms with Crippen molar-refractivity contribution in [3.8, 4) is 0 Å². The second kappa shape index (κ2) is 12.9. The number of hydrogen-bond donors (Lipinski definition) is 6. The fraction of sp³-hybridized carbons (Fsp3) is 0.769. The molecule has 10 atom stereocenters. The largest absolute Gasteiger partial charge is 0.478 e. The zero-order valence-electron chi connectivity index (χ0n) is 21.9. The predicted molar refractivity (Wildman–Crippen MR) is 130 cm³/mol. The van der Waals surface area contributed by atoms with Crippen LogP contribution in [0.25, 0.3) is 0 Å². The molecular formula is C26H40O12. The summed E-state index contributed by atoms with van der Waals surface area (Å²) in [4.78, 5) is 24.0. The van der Waals surface area contributed by atoms with Gasteiger partial charge in [-0.25, -0.2) is 9.59 Å². The minimum Gasteiger partial charge on any atom is -0.478 e. The predicted octanol–water partition coefficient (Wildman–Crippen LogP) is 0.201. The Labute approximate surface area is 221 Å². The summed E-state index contributed by atoms with van der Waals surface area (Å²) < 4.78 is 22.2. The van der Waals surface area contributed by atoms with Crippen molar-refractivity contribution in [3.05, 3.63) is 23.5 Å². The number of rotatable bonds is 11. The van der Waals surface area contributed by atoms with Gasteiger partial charge >= 0.3 is 11.9 Å². The number of carbonyl (C=O) groups is 2. The Morgan fingerprint density at radius 1 is 1.18 bits per heavy atom. The number of aliphatic hydroxyl groups excluding tert-OH is 4. The van der Waals surface area contributed by atoms with Gasteiger partial charge in [0, 0.05) is 18.1 Å². The second-order valence-electron chi connectivity index (χ2n) is 10.7. The van der Waals surface area contributed by atoms with Crippen molar-refractivity contribution in [1.82, 2.24) is 0 Å². The van der Waals surface area contributed by atoms with E-state index in [-0.39, 0.29) is 12.2 Å². The molecule has 12 nitrogen and oxygen atoms in total. The molecule has 0 aromatic carbocycles. The molecule has 0 unspecified atom stereocenters. The van der Waals surface area contributed by atoms with Crippen LogP contribution in [0.2, 0.25) is 0 Å². The van der Waals surface area contributed by atoms with Crippen LogP contribution in [0.3, 0.4) is 0 Å². The highest BCUT2D eigenvalue weighted by Crippen LogP contribution is 2.49. The number of aliphatic carboxylic acids is 1. The number of esters is 1. The van der Waals surface area contributed by atoms with Crippen LogP contribution in [0.15, 0.2) is 23.5 Å². The van der Waals surface area contributed by atoms with Gasteiger partial charge in [0.25, 0.3) is 0 Å². The normalized spacial score (nSPS) is 38.1. The minimum absolute atomic E-state index is 0.00395. The maximum absolute atomic E-state index is 12.4. The zero-order valence-corrected chi connectivity index (χ0v) is 21.9. The molecule has 3 rings (SSSR count). The molecule has 2 heterocycles. The number of allylic oxidation sites excluding steroid dienone is 1. The second-order valence-corrected chi connectivity index (χ2v) is 10.7. The van der Waals surface area contributed by atoms with Crippen molar-refractivity contribution in [2.45, 2.75) is 95.5 Å². The van der Waals surface area contributed by atoms with Gasteiger partial charge in [0.15, 0.2) is 6.29 Å². The molecule has 1 saturated carbocycles. The molecule has 2 fully saturated rings. The number of ether oxygens (including phenoxy) is 4. The number of hydrogen-bond acceptors (Lipinski definition) is 11. The van der Waals surface area contributed by atoms with Gasteiger partial charge < -0.3 is 49.6 Å². The molecule has 1 aliphatic carbocycles. The van der Waals surface area contributed by atoms with Gasteiger partial charge in [0.2, 0.25) is 6.29 Å². The fourth-order valence-corrected chi connectivity index (χ4v) is 5.30. The van der Waals surface area contributed by atoms with Crippen molar-refractivity contribution in [1.29, 1.82) is 0 Å². The van der Waals surface area contributed by atoms with Gasteiger partial charge in [-0.15, -0.1) is 0 Å². The quantitative estimate of drug-likeness (QED) is 0.153. The third kappa shape index (κ3) is 6.92. The summed E-state index contributed by atoms with van der Waals surface area (Å²) in [7, 11) is 0. The molecule has 38 heavy (non-hydrogen) atoms. The number of aliphatic hydroxyl groups is 5. The minimum atomic E-state index is -1.70. The molecule has 216 valence electrons. The van der Waals surface area contributed by atoms with Gasteiger partial charge in [0.05, 0.1) is 23.4 Å². The van der Waals surface area contributed by atoms with E-state index in [0.29, 0.717) is 37.2 Å². The van der Waals surface area contributed by atoms with Crippen molar-refractivity contribution in [2.75, 3.05) is 13.2 Å². The summed E-state index contributed by atoms with van der Waals surface area (Å²) >= 11 is 0. The van der Waals surface area contributed by atoms with E-state index in [0.717, 1.165) is 12.7 Å². The summed E-state index contributed by atoms with van der Waals surface area (Å²) in [5.74, 6) is -2.86. The fourth-order valence-electron chi connectivity index (χ4n) is 5.30. The van der Waals surface area contributed by atoms with Crippen LogP contribution in [-0.2, 0) is 28.5 Å². The number of carbonyl (C=O) groups excluding carboxylic acids is 1. The lowest BCUT2D eigenvalue weighted by Crippen LogP contribution is -2.61. The molecule has 12 heteroatoms. The summed E-state index contributed by atoms with van der Waals surface area (Å²) in [6.45, 7) is 4.81. The first kappa shape index (κ1) is 30.5. The van der Waals surface area contributed by atoms with E-state index >= 15 is 0 Å². The highest BCUT2D eigenvalue weighted by Gasteiger charge is 2.56. The van der Waals surface area contributed by atoms with Crippen LogP contribution < -0.4 is 0 Å². The van der Waals surface area contributed by atoms with Crippen LogP contribution >= 0.6 is 0 Å². The van der Waals surface area contributed by atoms with Crippen molar-refractivity contribution in [3.63, 3.8) is 0 Å². The standard InChI is InChI=1S/C26H40O12/c1-13(8-10-27)5-4-6-14(2)23(33)35-12-17-19(28)20(29)21(30)25(37-17)38-24-18-15(7-9-26(18,3)34)16(11-36-24)22(31)32/h6,11,13,15,17-21,24-25,27-30,34H,4-5,7-10,12H2,1-3H3,(H,31,32)/b14-6-/t13-,15+,17-,18-,19-,20+,21-,24+,25+,26+/m1/s1. The topological polar surface area (TPSA) is 192 Å². The molecule has 0 aromatic heterocycles. The van der Waals surface area contributed by atoms with Crippen LogP contribution in [0, 0.1) is 17.8 Å². The lowest BCUT2D eigenvalue weighted by atomic mass is 9.81. The Hall–Kier alpha value is -2.06. The maximum Gasteiger partial charge on any atom is 0.334 e. The Balaban J connectivity index is 1.63. The highest BCUT2D eigenvalue weighted by atomic mass is 16.8. The smallest absolute Gasteiger partial charge is 0.334 e. The summed E-state index contributed by atoms with van der Waals surface area (Å²) in [6.07, 6.45) is -3.40. The lowest BCUT2D eigenvalue weighted by Gasteiger charge is -2.44. The number of carboxylic acid groups (broad SMARTS) is 1. The molecule has 0 amide bonds. The van der Waals surface area contributed by atoms with Gasteiger partial charge in [-0.05, 0) is 51.9 Å². The van der Waals surface area contributed by atoms with E-state index in [1.165, 1.54) is 0 Å². The van der Waals surface area contributed by atoms with Crippen molar-refractivity contribution in [2.24, 2.45) is 17.8 Å². The summed E-state index contributed by atoms with van der Waals surface area (Å²) in [5.41, 5.74) is -0.966. The highest BCUT2D eigenvalue weighted by molar-refractivity contribution is 5.88. The SMILES string of the molecule is C/C(=C/CC[C@@H](C)CCO)C(=O)OC[C@H]1O[C@@H](O[C@@H]2OC=C(C(=O)O)[C@@H]3CC[C@](C)(O)[C@@H]23)[C@H](O)[C@@H](O)[C@@H]1O. The van der Waals surface area contributed by atoms with E-state index in [1.54, 1.807) is 19.9 Å². The molecular weight excluding hydrogens is 504 g/mol. The molecule has 0 spiro atoms. The number of carboxylic acids is 1. The first-order valence-corrected chi connectivity index (χ1v) is 13.0. The first-order chi connectivity index (χ1) is 17.9. The van der Waals surface area contributed by atoms with Gasteiger partial charge in [-0.1, -0.05) is 13.0 Å². The van der Waals surface area contributed by atoms with E-state index < -0.39 is 73.0 Å². The first-order valence-electron chi connectivity index (χ1n) is 13.0. The van der Waals surface area contributed by atoms with Crippen LogP contribution in [-0.4, -0.2) is 98.4 Å². The van der Waals surface area contributed by atoms with Crippen LogP contribution in [0.4, 0.5) is 0 Å². The van der Waals surface area contributed by atoms with E-state index in [4.69, 9.17) is 24.1 Å². The molecule has 0 aromatic rings. The van der Waals surface area contributed by atoms with E-state index in [2.05, 4.69) is 0 Å². The Kier molecular flexibility index (Phi) is 10.3. The maximum atomic E-state index is 12.4. The molecule has 1 saturated heterocycles. The molecule has 2 aliphatic heterocycles. The van der Waals surface area contributed by atoms with Crippen molar-refractivity contribution >= 4 is 11.9 Å². The van der Waals surface area contributed by atoms with Crippen molar-refractivity contribution < 1.29 is 59.2 Å². The van der Waals surface area contributed by atoms with Crippen LogP contribution in [0.1, 0.15) is 52.9 Å². The third-order valence-corrected chi connectivity index (χ3v) is 7.75. The molecule has 6 N–H and O–H groups in total. The van der Waals surface area contributed by atoms with Gasteiger partial charge in [0.1, 0.15) is 31.0 Å².